The predicted octanol–water partition coefficient (Wildman–Crippen LogP) is 3.88. The van der Waals surface area contributed by atoms with Gasteiger partial charge >= 0.3 is 0 Å². The largest absolute Gasteiger partial charge is 0.324 e. The van der Waals surface area contributed by atoms with Gasteiger partial charge in [-0.3, -0.25) is 24.2 Å². The third-order valence-electron chi connectivity index (χ3n) is 5.27. The lowest BCUT2D eigenvalue weighted by atomic mass is 10.1. The number of anilines is 2. The summed E-state index contributed by atoms with van der Waals surface area (Å²) in [6, 6.07) is 13.0. The van der Waals surface area contributed by atoms with E-state index in [9.17, 15) is 14.4 Å². The fraction of sp³-hybridized carbons (Fsp3) is 0.217. The first-order valence-corrected chi connectivity index (χ1v) is 11.1. The number of rotatable bonds is 4. The van der Waals surface area contributed by atoms with E-state index < -0.39 is 0 Å². The van der Waals surface area contributed by atoms with Gasteiger partial charge in [0.05, 0.1) is 16.2 Å². The minimum absolute atomic E-state index is 0.152. The van der Waals surface area contributed by atoms with E-state index in [0.29, 0.717) is 38.3 Å². The molecule has 0 unspecified atom stereocenters. The summed E-state index contributed by atoms with van der Waals surface area (Å²) in [7, 11) is 0. The zero-order valence-electron chi connectivity index (χ0n) is 17.4. The summed E-state index contributed by atoms with van der Waals surface area (Å²) in [5, 5.41) is 2.88. The Hall–Kier alpha value is -2.97. The van der Waals surface area contributed by atoms with Crippen molar-refractivity contribution in [3.8, 4) is 0 Å². The van der Waals surface area contributed by atoms with E-state index in [2.05, 4.69) is 5.32 Å². The maximum Gasteiger partial charge on any atom is 0.266 e. The molecular formula is C23H21N3O3S2. The van der Waals surface area contributed by atoms with E-state index in [-0.39, 0.29) is 24.3 Å². The average Bonchev–Trinajstić information content (AvgIpc) is 3.16. The highest BCUT2D eigenvalue weighted by Crippen LogP contribution is 2.44. The number of amides is 3. The third kappa shape index (κ3) is 3.77. The molecule has 0 saturated carbocycles. The summed E-state index contributed by atoms with van der Waals surface area (Å²) in [6.07, 6.45) is 0. The Morgan fingerprint density at radius 3 is 2.48 bits per heavy atom. The van der Waals surface area contributed by atoms with Gasteiger partial charge in [0, 0.05) is 17.8 Å². The van der Waals surface area contributed by atoms with Crippen LogP contribution in [0.1, 0.15) is 23.6 Å². The number of hydrogen-bond donors (Lipinski definition) is 1. The van der Waals surface area contributed by atoms with Gasteiger partial charge < -0.3 is 5.32 Å². The first kappa shape index (κ1) is 21.3. The van der Waals surface area contributed by atoms with E-state index in [4.69, 9.17) is 12.2 Å². The molecule has 1 fully saturated rings. The average molecular weight is 452 g/mol. The first-order valence-electron chi connectivity index (χ1n) is 9.88. The van der Waals surface area contributed by atoms with Gasteiger partial charge in [-0.1, -0.05) is 59.9 Å². The number of nitrogens with one attached hydrogen (secondary N) is 1. The van der Waals surface area contributed by atoms with Gasteiger partial charge in [0.2, 0.25) is 5.91 Å². The molecule has 3 amide bonds. The summed E-state index contributed by atoms with van der Waals surface area (Å²) < 4.78 is 0.436. The lowest BCUT2D eigenvalue weighted by Gasteiger charge is -2.17. The van der Waals surface area contributed by atoms with Gasteiger partial charge in [-0.2, -0.15) is 0 Å². The smallest absolute Gasteiger partial charge is 0.266 e. The van der Waals surface area contributed by atoms with Crippen LogP contribution >= 0.6 is 24.0 Å². The molecule has 2 aromatic carbocycles. The van der Waals surface area contributed by atoms with E-state index in [1.54, 1.807) is 18.2 Å². The lowest BCUT2D eigenvalue weighted by Crippen LogP contribution is -2.35. The molecule has 0 radical (unpaired) electrons. The molecule has 4 rings (SSSR count). The molecule has 0 spiro atoms. The third-order valence-corrected chi connectivity index (χ3v) is 6.72. The van der Waals surface area contributed by atoms with Crippen LogP contribution in [0.5, 0.6) is 0 Å². The summed E-state index contributed by atoms with van der Waals surface area (Å²) in [4.78, 5) is 42.2. The number of hydrogen-bond acceptors (Lipinski definition) is 5. The molecule has 0 bridgehead atoms. The van der Waals surface area contributed by atoms with Gasteiger partial charge in [0.25, 0.3) is 11.8 Å². The molecule has 0 aromatic heterocycles. The van der Waals surface area contributed by atoms with Crippen molar-refractivity contribution in [3.05, 3.63) is 64.1 Å². The number of carbonyl (C=O) groups is 3. The molecular weight excluding hydrogens is 430 g/mol. The number of carbonyl (C=O) groups excluding carboxylic acids is 3. The Morgan fingerprint density at radius 1 is 1.06 bits per heavy atom. The summed E-state index contributed by atoms with van der Waals surface area (Å²) in [6.45, 7) is 6.04. The number of benzene rings is 2. The van der Waals surface area contributed by atoms with Crippen molar-refractivity contribution < 1.29 is 14.4 Å². The number of thioether (sulfide) groups is 1. The zero-order valence-corrected chi connectivity index (χ0v) is 19.0. The number of nitrogens with zero attached hydrogens (tertiary/aromatic N) is 2. The standard InChI is InChI=1S/C23H21N3O3S2/c1-4-25-22(29)20(31-23(25)30)19-15-7-5-6-8-17(15)26(21(19)28)12-18(27)24-16-10-9-13(2)11-14(16)3/h5-11H,4,12H2,1-3H3,(H,24,27)/b20-19+. The van der Waals surface area contributed by atoms with Crippen LogP contribution < -0.4 is 10.2 Å². The minimum Gasteiger partial charge on any atom is -0.324 e. The molecule has 8 heteroatoms. The Labute approximate surface area is 190 Å². The fourth-order valence-electron chi connectivity index (χ4n) is 3.77. The van der Waals surface area contributed by atoms with Crippen molar-refractivity contribution >= 4 is 63.0 Å². The maximum atomic E-state index is 13.4. The van der Waals surface area contributed by atoms with E-state index in [1.807, 2.05) is 45.0 Å². The van der Waals surface area contributed by atoms with Crippen LogP contribution in [0.4, 0.5) is 11.4 Å². The molecule has 1 saturated heterocycles. The van der Waals surface area contributed by atoms with Gasteiger partial charge in [-0.15, -0.1) is 0 Å². The van der Waals surface area contributed by atoms with Crippen LogP contribution in [0.25, 0.3) is 5.57 Å². The van der Waals surface area contributed by atoms with Crippen molar-refractivity contribution in [3.63, 3.8) is 0 Å². The van der Waals surface area contributed by atoms with Crippen molar-refractivity contribution in [2.45, 2.75) is 20.8 Å². The molecule has 1 N–H and O–H groups in total. The van der Waals surface area contributed by atoms with E-state index >= 15 is 0 Å². The number of fused-ring (bicyclic) bond motifs is 1. The van der Waals surface area contributed by atoms with Crippen LogP contribution in [0.3, 0.4) is 0 Å². The Morgan fingerprint density at radius 2 is 1.81 bits per heavy atom. The highest BCUT2D eigenvalue weighted by Gasteiger charge is 2.41. The minimum atomic E-state index is -0.367. The van der Waals surface area contributed by atoms with Crippen molar-refractivity contribution in [2.24, 2.45) is 0 Å². The van der Waals surface area contributed by atoms with E-state index in [1.165, 1.54) is 9.80 Å². The fourth-order valence-corrected chi connectivity index (χ4v) is 5.22. The monoisotopic (exact) mass is 451 g/mol. The molecule has 31 heavy (non-hydrogen) atoms. The molecule has 0 aliphatic carbocycles. The maximum absolute atomic E-state index is 13.4. The van der Waals surface area contributed by atoms with Gasteiger partial charge in [0.1, 0.15) is 10.9 Å². The number of aryl methyl sites for hydroxylation is 2. The van der Waals surface area contributed by atoms with Crippen LogP contribution in [0, 0.1) is 13.8 Å². The van der Waals surface area contributed by atoms with Gasteiger partial charge in [0.15, 0.2) is 0 Å². The number of para-hydroxylation sites is 1. The summed E-state index contributed by atoms with van der Waals surface area (Å²) >= 11 is 6.44. The van der Waals surface area contributed by atoms with Crippen molar-refractivity contribution in [1.82, 2.24) is 4.90 Å². The molecule has 158 valence electrons. The number of likely N-dealkylation sites (N-methyl/N-ethyl adjacent to an activating group) is 1. The predicted molar refractivity (Wildman–Crippen MR) is 128 cm³/mol. The molecule has 2 aromatic rings. The van der Waals surface area contributed by atoms with Crippen molar-refractivity contribution in [2.75, 3.05) is 23.3 Å². The van der Waals surface area contributed by atoms with Crippen LogP contribution in [0.2, 0.25) is 0 Å². The normalized spacial score (nSPS) is 18.1. The van der Waals surface area contributed by atoms with Gasteiger partial charge in [-0.05, 0) is 38.5 Å². The first-order chi connectivity index (χ1) is 14.8. The molecule has 2 aliphatic heterocycles. The number of thiocarbonyl (C=S) groups is 1. The molecule has 2 heterocycles. The second-order valence-electron chi connectivity index (χ2n) is 7.40. The molecule has 6 nitrogen and oxygen atoms in total. The zero-order chi connectivity index (χ0) is 22.3. The molecule has 0 atom stereocenters. The topological polar surface area (TPSA) is 69.7 Å². The van der Waals surface area contributed by atoms with Crippen molar-refractivity contribution in [1.29, 1.82) is 0 Å². The quantitative estimate of drug-likeness (QED) is 0.564. The highest BCUT2D eigenvalue weighted by molar-refractivity contribution is 8.26. The van der Waals surface area contributed by atoms with Crippen LogP contribution in [0.15, 0.2) is 47.4 Å². The van der Waals surface area contributed by atoms with Crippen LogP contribution in [-0.4, -0.2) is 40.0 Å². The molecule has 2 aliphatic rings. The lowest BCUT2D eigenvalue weighted by molar-refractivity contribution is -0.122. The Balaban J connectivity index is 1.65. The highest BCUT2D eigenvalue weighted by atomic mass is 32.2. The van der Waals surface area contributed by atoms with Crippen LogP contribution in [-0.2, 0) is 14.4 Å². The summed E-state index contributed by atoms with van der Waals surface area (Å²) in [5.41, 5.74) is 4.32. The Bertz CT molecular complexity index is 1170. The van der Waals surface area contributed by atoms with E-state index in [0.717, 1.165) is 22.9 Å². The van der Waals surface area contributed by atoms with Gasteiger partial charge in [-0.25, -0.2) is 0 Å². The Kier molecular flexibility index (Phi) is 5.68. The second-order valence-corrected chi connectivity index (χ2v) is 9.04. The summed E-state index contributed by atoms with van der Waals surface area (Å²) in [5.74, 6) is -0.941. The SMILES string of the molecule is CCN1C(=O)/C(=C2\C(=O)N(CC(=O)Nc3ccc(C)cc3C)c3ccccc32)SC1=S. The second kappa shape index (κ2) is 8.28.